The molecule has 1 aliphatic rings. The van der Waals surface area contributed by atoms with Gasteiger partial charge in [-0.3, -0.25) is 4.79 Å². The molecule has 15 heavy (non-hydrogen) atoms. The fourth-order valence-electron chi connectivity index (χ4n) is 1.36. The average molecular weight is 228 g/mol. The van der Waals surface area contributed by atoms with E-state index in [1.165, 1.54) is 13.3 Å². The number of fused-ring (bicyclic) bond motifs is 1. The van der Waals surface area contributed by atoms with Crippen molar-refractivity contribution in [3.05, 3.63) is 17.3 Å². The molecule has 1 atom stereocenters. The van der Waals surface area contributed by atoms with Gasteiger partial charge in [0.15, 0.2) is 6.10 Å². The number of aromatic nitrogens is 1. The van der Waals surface area contributed by atoms with Crippen molar-refractivity contribution >= 4 is 29.0 Å². The molecular formula is C9H10ClN3O2. The van der Waals surface area contributed by atoms with Crippen LogP contribution < -0.4 is 10.6 Å². The van der Waals surface area contributed by atoms with Gasteiger partial charge < -0.3 is 15.4 Å². The molecule has 2 heterocycles. The van der Waals surface area contributed by atoms with Gasteiger partial charge >= 0.3 is 0 Å². The van der Waals surface area contributed by atoms with Gasteiger partial charge in [0.2, 0.25) is 0 Å². The monoisotopic (exact) mass is 227 g/mol. The van der Waals surface area contributed by atoms with E-state index >= 15 is 0 Å². The summed E-state index contributed by atoms with van der Waals surface area (Å²) in [6.07, 6.45) is 1.00. The van der Waals surface area contributed by atoms with Gasteiger partial charge in [-0.2, -0.15) is 0 Å². The van der Waals surface area contributed by atoms with Crippen molar-refractivity contribution in [2.75, 3.05) is 24.3 Å². The Morgan fingerprint density at radius 3 is 3.20 bits per heavy atom. The van der Waals surface area contributed by atoms with Gasteiger partial charge in [-0.25, -0.2) is 4.98 Å². The minimum atomic E-state index is -0.516. The molecule has 6 heteroatoms. The number of nitrogens with one attached hydrogen (secondary N) is 2. The Morgan fingerprint density at radius 2 is 2.47 bits per heavy atom. The highest BCUT2D eigenvalue weighted by Gasteiger charge is 2.23. The molecule has 0 fully saturated rings. The zero-order chi connectivity index (χ0) is 10.8. The topological polar surface area (TPSA) is 63.2 Å². The van der Waals surface area contributed by atoms with Crippen LogP contribution in [-0.4, -0.2) is 30.6 Å². The summed E-state index contributed by atoms with van der Waals surface area (Å²) < 4.78 is 5.01. The van der Waals surface area contributed by atoms with E-state index in [-0.39, 0.29) is 5.91 Å². The molecule has 2 rings (SSSR count). The summed E-state index contributed by atoms with van der Waals surface area (Å²) >= 11 is 5.78. The Balaban J connectivity index is 2.31. The van der Waals surface area contributed by atoms with E-state index in [9.17, 15) is 4.79 Å². The summed E-state index contributed by atoms with van der Waals surface area (Å²) in [4.78, 5) is 15.6. The fraction of sp³-hybridized carbons (Fsp3) is 0.333. The zero-order valence-corrected chi connectivity index (χ0v) is 8.84. The van der Waals surface area contributed by atoms with Gasteiger partial charge in [-0.15, -0.1) is 0 Å². The quantitative estimate of drug-likeness (QED) is 0.755. The third kappa shape index (κ3) is 2.03. The van der Waals surface area contributed by atoms with E-state index in [4.69, 9.17) is 16.3 Å². The minimum absolute atomic E-state index is 0.201. The van der Waals surface area contributed by atoms with E-state index in [0.29, 0.717) is 23.1 Å². The largest absolute Gasteiger partial charge is 0.370 e. The zero-order valence-electron chi connectivity index (χ0n) is 8.08. The van der Waals surface area contributed by atoms with Crippen LogP contribution in [0.2, 0.25) is 5.02 Å². The SMILES string of the molecule is COC1CNc2ncc(Cl)cc2NC1=O. The molecule has 0 saturated carbocycles. The van der Waals surface area contributed by atoms with E-state index in [2.05, 4.69) is 15.6 Å². The average Bonchev–Trinajstić information content (AvgIpc) is 2.35. The second-order valence-corrected chi connectivity index (χ2v) is 3.58. The maximum atomic E-state index is 11.6. The van der Waals surface area contributed by atoms with E-state index in [1.807, 2.05) is 0 Å². The lowest BCUT2D eigenvalue weighted by molar-refractivity contribution is -0.124. The molecule has 1 aromatic rings. The van der Waals surface area contributed by atoms with Gasteiger partial charge in [-0.1, -0.05) is 11.6 Å². The lowest BCUT2D eigenvalue weighted by atomic mass is 10.3. The van der Waals surface area contributed by atoms with Crippen molar-refractivity contribution in [1.29, 1.82) is 0 Å². The van der Waals surface area contributed by atoms with Crippen LogP contribution in [0.5, 0.6) is 0 Å². The van der Waals surface area contributed by atoms with Crippen molar-refractivity contribution in [2.24, 2.45) is 0 Å². The maximum absolute atomic E-state index is 11.6. The molecule has 1 aromatic heterocycles. The first-order valence-corrected chi connectivity index (χ1v) is 4.81. The number of rotatable bonds is 1. The van der Waals surface area contributed by atoms with Crippen LogP contribution in [0.1, 0.15) is 0 Å². The van der Waals surface area contributed by atoms with Gasteiger partial charge in [0, 0.05) is 13.3 Å². The van der Waals surface area contributed by atoms with Crippen LogP contribution in [0.3, 0.4) is 0 Å². The Bertz CT molecular complexity index is 397. The van der Waals surface area contributed by atoms with Gasteiger partial charge in [0.25, 0.3) is 5.91 Å². The van der Waals surface area contributed by atoms with Crippen LogP contribution in [0.4, 0.5) is 11.5 Å². The number of hydrogen-bond acceptors (Lipinski definition) is 4. The normalized spacial score (nSPS) is 19.9. The number of pyridine rings is 1. The standard InChI is InChI=1S/C9H10ClN3O2/c1-15-7-4-12-8-6(13-9(7)14)2-5(10)3-11-8/h2-3,7H,4H2,1H3,(H,11,12)(H,13,14). The molecule has 0 radical (unpaired) electrons. The minimum Gasteiger partial charge on any atom is -0.370 e. The van der Waals surface area contributed by atoms with E-state index < -0.39 is 6.10 Å². The highest BCUT2D eigenvalue weighted by atomic mass is 35.5. The Hall–Kier alpha value is -1.33. The molecule has 2 N–H and O–H groups in total. The summed E-state index contributed by atoms with van der Waals surface area (Å²) in [6, 6.07) is 1.65. The van der Waals surface area contributed by atoms with Crippen LogP contribution in [0.15, 0.2) is 12.3 Å². The molecule has 0 aliphatic carbocycles. The number of hydrogen-bond donors (Lipinski definition) is 2. The van der Waals surface area contributed by atoms with Gasteiger partial charge in [0.1, 0.15) is 5.82 Å². The summed E-state index contributed by atoms with van der Waals surface area (Å²) in [7, 11) is 1.49. The third-order valence-electron chi connectivity index (χ3n) is 2.14. The molecule has 1 amide bonds. The van der Waals surface area contributed by atoms with Crippen LogP contribution in [0.25, 0.3) is 0 Å². The van der Waals surface area contributed by atoms with E-state index in [1.54, 1.807) is 6.07 Å². The number of carbonyl (C=O) groups is 1. The Labute approximate surface area is 91.8 Å². The summed E-state index contributed by atoms with van der Waals surface area (Å²) in [5, 5.41) is 6.17. The number of amides is 1. The number of ether oxygens (including phenoxy) is 1. The Morgan fingerprint density at radius 1 is 1.67 bits per heavy atom. The van der Waals surface area contributed by atoms with Gasteiger partial charge in [0.05, 0.1) is 17.3 Å². The lowest BCUT2D eigenvalue weighted by Gasteiger charge is -2.09. The number of halogens is 1. The van der Waals surface area contributed by atoms with E-state index in [0.717, 1.165) is 0 Å². The van der Waals surface area contributed by atoms with Crippen molar-refractivity contribution in [1.82, 2.24) is 4.98 Å². The van der Waals surface area contributed by atoms with Crippen LogP contribution in [0, 0.1) is 0 Å². The van der Waals surface area contributed by atoms with Crippen molar-refractivity contribution in [2.45, 2.75) is 6.10 Å². The van der Waals surface area contributed by atoms with Crippen LogP contribution >= 0.6 is 11.6 Å². The predicted molar refractivity (Wildman–Crippen MR) is 57.2 cm³/mol. The summed E-state index contributed by atoms with van der Waals surface area (Å²) in [5.41, 5.74) is 0.576. The van der Waals surface area contributed by atoms with Crippen molar-refractivity contribution < 1.29 is 9.53 Å². The Kier molecular flexibility index (Phi) is 2.75. The number of methoxy groups -OCH3 is 1. The first-order chi connectivity index (χ1) is 7.20. The molecule has 0 spiro atoms. The lowest BCUT2D eigenvalue weighted by Crippen LogP contribution is -2.32. The number of nitrogens with zero attached hydrogens (tertiary/aromatic N) is 1. The molecule has 0 bridgehead atoms. The smallest absolute Gasteiger partial charge is 0.255 e. The molecule has 1 unspecified atom stereocenters. The van der Waals surface area contributed by atoms with Crippen molar-refractivity contribution in [3.63, 3.8) is 0 Å². The first kappa shape index (κ1) is 10.2. The molecule has 80 valence electrons. The molecule has 0 aromatic carbocycles. The van der Waals surface area contributed by atoms with Gasteiger partial charge in [-0.05, 0) is 6.07 Å². The maximum Gasteiger partial charge on any atom is 0.255 e. The predicted octanol–water partition coefficient (Wildman–Crippen LogP) is 1.11. The second-order valence-electron chi connectivity index (χ2n) is 3.14. The number of anilines is 2. The summed E-state index contributed by atoms with van der Waals surface area (Å²) in [5.74, 6) is 0.403. The fourth-order valence-corrected chi connectivity index (χ4v) is 1.52. The summed E-state index contributed by atoms with van der Waals surface area (Å²) in [6.45, 7) is 0.393. The molecule has 5 nitrogen and oxygen atoms in total. The highest BCUT2D eigenvalue weighted by Crippen LogP contribution is 2.25. The second kappa shape index (κ2) is 4.04. The van der Waals surface area contributed by atoms with Crippen LogP contribution in [-0.2, 0) is 9.53 Å². The highest BCUT2D eigenvalue weighted by molar-refractivity contribution is 6.31. The molecular weight excluding hydrogens is 218 g/mol. The third-order valence-corrected chi connectivity index (χ3v) is 2.35. The molecule has 1 aliphatic heterocycles. The first-order valence-electron chi connectivity index (χ1n) is 4.44. The number of carbonyl (C=O) groups excluding carboxylic acids is 1. The van der Waals surface area contributed by atoms with Crippen molar-refractivity contribution in [3.8, 4) is 0 Å². The molecule has 0 saturated heterocycles.